The van der Waals surface area contributed by atoms with Gasteiger partial charge >= 0.3 is 0 Å². The van der Waals surface area contributed by atoms with Crippen molar-refractivity contribution >= 4 is 10.1 Å². The molecular weight excluding hydrogens is 170 g/mol. The summed E-state index contributed by atoms with van der Waals surface area (Å²) in [5.74, 6) is 0. The Balaban J connectivity index is 2.04. The van der Waals surface area contributed by atoms with Gasteiger partial charge in [-0.3, -0.25) is 0 Å². The molecule has 0 amide bonds. The van der Waals surface area contributed by atoms with Crippen molar-refractivity contribution in [1.29, 1.82) is 0 Å². The summed E-state index contributed by atoms with van der Waals surface area (Å²) < 4.78 is 30.1. The SMILES string of the molecule is CS(=O)(=O)ONC[C@@H]1CCO1. The maximum absolute atomic E-state index is 10.4. The summed E-state index contributed by atoms with van der Waals surface area (Å²) in [6.45, 7) is 1.18. The summed E-state index contributed by atoms with van der Waals surface area (Å²) in [6.07, 6.45) is 2.05. The Bertz CT molecular complexity index is 209. The fourth-order valence-electron chi connectivity index (χ4n) is 0.680. The third-order valence-electron chi connectivity index (χ3n) is 1.31. The zero-order chi connectivity index (χ0) is 8.32. The van der Waals surface area contributed by atoms with E-state index in [1.807, 2.05) is 0 Å². The van der Waals surface area contributed by atoms with Crippen LogP contribution in [0.25, 0.3) is 0 Å². The Labute approximate surface area is 65.8 Å². The average molecular weight is 181 g/mol. The molecular formula is C5H11NO4S. The lowest BCUT2D eigenvalue weighted by Crippen LogP contribution is -2.37. The van der Waals surface area contributed by atoms with E-state index in [2.05, 4.69) is 9.76 Å². The first-order valence-electron chi connectivity index (χ1n) is 3.31. The number of nitrogens with one attached hydrogen (secondary N) is 1. The molecule has 0 aromatic rings. The number of rotatable bonds is 4. The first kappa shape index (κ1) is 8.92. The molecule has 0 aromatic carbocycles. The highest BCUT2D eigenvalue weighted by Gasteiger charge is 2.17. The van der Waals surface area contributed by atoms with Gasteiger partial charge in [0.25, 0.3) is 10.1 Å². The summed E-state index contributed by atoms with van der Waals surface area (Å²) >= 11 is 0. The van der Waals surface area contributed by atoms with Crippen molar-refractivity contribution < 1.29 is 17.4 Å². The molecule has 1 saturated heterocycles. The second-order valence-electron chi connectivity index (χ2n) is 2.42. The molecule has 1 N–H and O–H groups in total. The highest BCUT2D eigenvalue weighted by molar-refractivity contribution is 7.85. The molecule has 0 aromatic heterocycles. The third kappa shape index (κ3) is 3.66. The van der Waals surface area contributed by atoms with E-state index in [-0.39, 0.29) is 6.10 Å². The normalized spacial score (nSPS) is 24.6. The monoisotopic (exact) mass is 181 g/mol. The van der Waals surface area contributed by atoms with Gasteiger partial charge in [0.05, 0.1) is 12.4 Å². The first-order valence-corrected chi connectivity index (χ1v) is 5.12. The Morgan fingerprint density at radius 1 is 1.73 bits per heavy atom. The van der Waals surface area contributed by atoms with Gasteiger partial charge in [0.1, 0.15) is 0 Å². The molecule has 0 spiro atoms. The Morgan fingerprint density at radius 2 is 2.36 bits per heavy atom. The third-order valence-corrected chi connectivity index (χ3v) is 1.74. The molecule has 5 nitrogen and oxygen atoms in total. The van der Waals surface area contributed by atoms with Crippen LogP contribution < -0.4 is 5.48 Å². The van der Waals surface area contributed by atoms with Crippen molar-refractivity contribution in [1.82, 2.24) is 5.48 Å². The lowest BCUT2D eigenvalue weighted by atomic mass is 10.2. The zero-order valence-electron chi connectivity index (χ0n) is 6.24. The van der Waals surface area contributed by atoms with Gasteiger partial charge in [0, 0.05) is 13.2 Å². The van der Waals surface area contributed by atoms with Gasteiger partial charge in [-0.25, -0.2) is 0 Å². The van der Waals surface area contributed by atoms with E-state index in [0.717, 1.165) is 19.3 Å². The molecule has 1 atom stereocenters. The molecule has 66 valence electrons. The average Bonchev–Trinajstić information content (AvgIpc) is 1.73. The Hall–Kier alpha value is -0.170. The molecule has 1 aliphatic rings. The van der Waals surface area contributed by atoms with Gasteiger partial charge in [-0.1, -0.05) is 0 Å². The predicted octanol–water partition coefficient (Wildman–Crippen LogP) is -0.744. The summed E-state index contributed by atoms with van der Waals surface area (Å²) in [7, 11) is -3.37. The second kappa shape index (κ2) is 3.48. The zero-order valence-corrected chi connectivity index (χ0v) is 7.06. The van der Waals surface area contributed by atoms with Crippen LogP contribution in [0.5, 0.6) is 0 Å². The van der Waals surface area contributed by atoms with Crippen LogP contribution >= 0.6 is 0 Å². The number of ether oxygens (including phenoxy) is 1. The van der Waals surface area contributed by atoms with Crippen molar-refractivity contribution in [2.75, 3.05) is 19.4 Å². The standard InChI is InChI=1S/C5H11NO4S/c1-11(7,8)10-6-4-5-2-3-9-5/h5-6H,2-4H2,1H3/t5-/m0/s1. The van der Waals surface area contributed by atoms with Gasteiger partial charge in [-0.05, 0) is 6.42 Å². The molecule has 1 heterocycles. The molecule has 0 bridgehead atoms. The fraction of sp³-hybridized carbons (Fsp3) is 1.00. The van der Waals surface area contributed by atoms with Crippen LogP contribution in [-0.4, -0.2) is 33.9 Å². The Morgan fingerprint density at radius 3 is 2.73 bits per heavy atom. The minimum absolute atomic E-state index is 0.108. The van der Waals surface area contributed by atoms with Gasteiger partial charge in [-0.2, -0.15) is 18.2 Å². The number of hydroxylamine groups is 1. The lowest BCUT2D eigenvalue weighted by molar-refractivity contribution is -0.0601. The largest absolute Gasteiger partial charge is 0.377 e. The molecule has 0 radical (unpaired) electrons. The summed E-state index contributed by atoms with van der Waals surface area (Å²) in [5.41, 5.74) is 2.31. The molecule has 0 unspecified atom stereocenters. The smallest absolute Gasteiger partial charge is 0.280 e. The minimum Gasteiger partial charge on any atom is -0.377 e. The van der Waals surface area contributed by atoms with Crippen molar-refractivity contribution in [3.05, 3.63) is 0 Å². The van der Waals surface area contributed by atoms with Crippen molar-refractivity contribution in [3.8, 4) is 0 Å². The maximum atomic E-state index is 10.4. The summed E-state index contributed by atoms with van der Waals surface area (Å²) in [5, 5.41) is 0. The topological polar surface area (TPSA) is 64.6 Å². The van der Waals surface area contributed by atoms with E-state index in [1.54, 1.807) is 0 Å². The van der Waals surface area contributed by atoms with Crippen LogP contribution in [0.2, 0.25) is 0 Å². The van der Waals surface area contributed by atoms with Crippen molar-refractivity contribution in [2.45, 2.75) is 12.5 Å². The molecule has 11 heavy (non-hydrogen) atoms. The quantitative estimate of drug-likeness (QED) is 0.578. The van der Waals surface area contributed by atoms with Gasteiger partial charge in [0.15, 0.2) is 0 Å². The Kier molecular flexibility index (Phi) is 2.83. The molecule has 0 aliphatic carbocycles. The van der Waals surface area contributed by atoms with Crippen molar-refractivity contribution in [3.63, 3.8) is 0 Å². The lowest BCUT2D eigenvalue weighted by Gasteiger charge is -2.25. The fourth-order valence-corrected chi connectivity index (χ4v) is 0.962. The van der Waals surface area contributed by atoms with Crippen molar-refractivity contribution in [2.24, 2.45) is 0 Å². The van der Waals surface area contributed by atoms with E-state index in [9.17, 15) is 8.42 Å². The van der Waals surface area contributed by atoms with Crippen LogP contribution in [0, 0.1) is 0 Å². The molecule has 6 heteroatoms. The second-order valence-corrected chi connectivity index (χ2v) is 3.99. The van der Waals surface area contributed by atoms with Crippen LogP contribution in [0.1, 0.15) is 6.42 Å². The molecule has 1 aliphatic heterocycles. The van der Waals surface area contributed by atoms with Gasteiger partial charge in [-0.15, -0.1) is 0 Å². The summed E-state index contributed by atoms with van der Waals surface area (Å²) in [4.78, 5) is 0. The number of hydrogen-bond acceptors (Lipinski definition) is 5. The number of hydrogen-bond donors (Lipinski definition) is 1. The van der Waals surface area contributed by atoms with E-state index in [4.69, 9.17) is 4.74 Å². The van der Waals surface area contributed by atoms with E-state index in [0.29, 0.717) is 6.54 Å². The van der Waals surface area contributed by atoms with Crippen LogP contribution in [0.15, 0.2) is 0 Å². The molecule has 1 rings (SSSR count). The minimum atomic E-state index is -3.37. The maximum Gasteiger partial charge on any atom is 0.280 e. The molecule has 1 fully saturated rings. The van der Waals surface area contributed by atoms with Gasteiger partial charge < -0.3 is 4.74 Å². The summed E-state index contributed by atoms with van der Waals surface area (Å²) in [6, 6.07) is 0. The van der Waals surface area contributed by atoms with Gasteiger partial charge in [0.2, 0.25) is 0 Å². The predicted molar refractivity (Wildman–Crippen MR) is 38.3 cm³/mol. The van der Waals surface area contributed by atoms with E-state index in [1.165, 1.54) is 0 Å². The van der Waals surface area contributed by atoms with E-state index < -0.39 is 10.1 Å². The molecule has 0 saturated carbocycles. The first-order chi connectivity index (χ1) is 5.08. The van der Waals surface area contributed by atoms with Crippen LogP contribution in [0.4, 0.5) is 0 Å². The van der Waals surface area contributed by atoms with E-state index >= 15 is 0 Å². The highest BCUT2D eigenvalue weighted by Crippen LogP contribution is 2.08. The van der Waals surface area contributed by atoms with Crippen LogP contribution in [0.3, 0.4) is 0 Å². The van der Waals surface area contributed by atoms with Crippen LogP contribution in [-0.2, 0) is 19.1 Å². The highest BCUT2D eigenvalue weighted by atomic mass is 32.2.